The van der Waals surface area contributed by atoms with Crippen molar-refractivity contribution in [1.82, 2.24) is 4.90 Å². The van der Waals surface area contributed by atoms with Gasteiger partial charge in [0.2, 0.25) is 0 Å². The number of likely N-dealkylation sites (tertiary alicyclic amines) is 1. The maximum Gasteiger partial charge on any atom is 0.312 e. The van der Waals surface area contributed by atoms with Crippen molar-refractivity contribution < 1.29 is 53.8 Å². The van der Waals surface area contributed by atoms with Crippen LogP contribution in [0.4, 0.5) is 5.69 Å². The summed E-state index contributed by atoms with van der Waals surface area (Å²) in [4.78, 5) is 52.9. The van der Waals surface area contributed by atoms with E-state index in [0.717, 1.165) is 19.6 Å². The summed E-state index contributed by atoms with van der Waals surface area (Å²) in [6.45, 7) is 19.6. The Hall–Kier alpha value is -4.83. The molecule has 1 amide bonds. The normalized spacial score (nSPS) is 32.7. The van der Waals surface area contributed by atoms with Gasteiger partial charge in [-0.05, 0) is 25.8 Å². The Balaban J connectivity index is 1.55. The fourth-order valence-electron chi connectivity index (χ4n) is 9.24. The van der Waals surface area contributed by atoms with Crippen LogP contribution in [0.25, 0.3) is 10.8 Å². The summed E-state index contributed by atoms with van der Waals surface area (Å²) in [6, 6.07) is 0. The van der Waals surface area contributed by atoms with E-state index in [-0.39, 0.29) is 49.7 Å². The number of hydrogen-bond acceptors (Lipinski definition) is 14. The third-order valence-corrected chi connectivity index (χ3v) is 12.9. The van der Waals surface area contributed by atoms with Gasteiger partial charge < -0.3 is 49.6 Å². The van der Waals surface area contributed by atoms with Crippen LogP contribution in [0.2, 0.25) is 0 Å². The number of amides is 1. The van der Waals surface area contributed by atoms with Crippen LogP contribution < -0.4 is 20.8 Å². The van der Waals surface area contributed by atoms with Crippen LogP contribution in [0.3, 0.4) is 0 Å². The molecule has 15 nitrogen and oxygen atoms in total. The van der Waals surface area contributed by atoms with E-state index >= 15 is 0 Å². The third kappa shape index (κ3) is 8.54. The molecule has 332 valence electrons. The molecule has 2 unspecified atom stereocenters. The first kappa shape index (κ1) is 45.7. The zero-order valence-electron chi connectivity index (χ0n) is 37.1. The van der Waals surface area contributed by atoms with Crippen LogP contribution in [0.15, 0.2) is 46.1 Å². The number of hydrogen-bond donors (Lipinski definition) is 5. The molecule has 61 heavy (non-hydrogen) atoms. The number of Topliss-reactive ketones (excluding diaryl/α,β-unsaturated/α-hetero) is 1. The van der Waals surface area contributed by atoms with Gasteiger partial charge in [0.05, 0.1) is 41.2 Å². The predicted octanol–water partition coefficient (Wildman–Crippen LogP) is 4.75. The Bertz CT molecular complexity index is 2300. The summed E-state index contributed by atoms with van der Waals surface area (Å²) >= 11 is 0. The molecule has 1 spiro atoms. The second-order valence-electron chi connectivity index (χ2n) is 18.0. The number of methoxy groups -OCH3 is 1. The number of phenols is 2. The molecule has 6 rings (SSSR count). The number of aliphatic hydroxyl groups excluding tert-OH is 2. The first-order valence-electron chi connectivity index (χ1n) is 21.2. The maximum atomic E-state index is 14.7. The standard InChI is InChI=1S/C46H62N4O11/c1-22(2)21-50-18-16-46(17-19-50)48-34-31-32-39(54)28(8)42-33(31)43(56)45(10,61-42)59-20-15-30(58-11)25(5)41(60-29(9)51)27(7)38(53)26(6)37(52)23(3)13-12-14-24(4)44(57)47-36(40(32)55)35(34)49-46/h12-15,20,22-23,25-27,30,37-38,41,48,52-55H,16-19,21H2,1-11H3/b13-12+,20-15+,24-14-,47-36?/t23-,25?,26+,27-,30-,37-,38?,41+,45-/m0/s1. The van der Waals surface area contributed by atoms with Crippen molar-refractivity contribution in [3.8, 4) is 17.2 Å². The maximum absolute atomic E-state index is 14.7. The summed E-state index contributed by atoms with van der Waals surface area (Å²) in [5, 5.41) is 50.5. The van der Waals surface area contributed by atoms with E-state index in [1.807, 2.05) is 0 Å². The Kier molecular flexibility index (Phi) is 13.1. The highest BCUT2D eigenvalue weighted by Crippen LogP contribution is 2.51. The molecule has 9 atom stereocenters. The SMILES string of the molecule is CO[C@H]1/C=C/O[C@@]2(C)Oc3c(C)c(O)c4c(O)c(c5c(c4c3C2=O)NC2(CCN(CC(C)C)CC2)N=5)=NC(=O)/C(C)=C\C=C\[C@H](C)[C@H](O)[C@@H](C)C(O)[C@H](C)[C@H](OC(C)=O)C1C. The fraction of sp³-hybridized carbons (Fsp3) is 0.587. The van der Waals surface area contributed by atoms with Gasteiger partial charge in [-0.3, -0.25) is 19.4 Å². The zero-order valence-corrected chi connectivity index (χ0v) is 37.1. The molecule has 2 aromatic rings. The van der Waals surface area contributed by atoms with E-state index in [2.05, 4.69) is 29.1 Å². The number of ketones is 1. The first-order chi connectivity index (χ1) is 28.6. The Morgan fingerprint density at radius 2 is 1.66 bits per heavy atom. The van der Waals surface area contributed by atoms with Crippen LogP contribution in [0, 0.1) is 36.5 Å². The van der Waals surface area contributed by atoms with Gasteiger partial charge in [0.15, 0.2) is 5.75 Å². The van der Waals surface area contributed by atoms with Gasteiger partial charge in [-0.25, -0.2) is 4.99 Å². The van der Waals surface area contributed by atoms with Crippen LogP contribution in [-0.2, 0) is 23.8 Å². The molecule has 5 N–H and O–H groups in total. The molecule has 0 saturated carbocycles. The van der Waals surface area contributed by atoms with Gasteiger partial charge in [-0.15, -0.1) is 0 Å². The van der Waals surface area contributed by atoms with Crippen molar-refractivity contribution in [2.45, 2.75) is 118 Å². The van der Waals surface area contributed by atoms with Crippen molar-refractivity contribution in [3.63, 3.8) is 0 Å². The van der Waals surface area contributed by atoms with Gasteiger partial charge in [0, 0.05) is 93.6 Å². The number of nitrogens with one attached hydrogen (secondary N) is 1. The summed E-state index contributed by atoms with van der Waals surface area (Å²) in [6.07, 6.45) is 5.07. The Morgan fingerprint density at radius 1 is 0.984 bits per heavy atom. The molecule has 4 aliphatic heterocycles. The highest BCUT2D eigenvalue weighted by molar-refractivity contribution is 6.21. The van der Waals surface area contributed by atoms with Gasteiger partial charge >= 0.3 is 11.8 Å². The zero-order chi connectivity index (χ0) is 44.9. The molecule has 15 heteroatoms. The van der Waals surface area contributed by atoms with Gasteiger partial charge in [0.25, 0.3) is 11.7 Å². The number of allylic oxidation sites excluding steroid dienone is 2. The minimum Gasteiger partial charge on any atom is -0.507 e. The van der Waals surface area contributed by atoms with Crippen LogP contribution in [-0.4, -0.2) is 106 Å². The van der Waals surface area contributed by atoms with Gasteiger partial charge in [-0.2, -0.15) is 0 Å². The molecule has 4 bridgehead atoms. The van der Waals surface area contributed by atoms with Crippen LogP contribution in [0.5, 0.6) is 17.2 Å². The summed E-state index contributed by atoms with van der Waals surface area (Å²) in [5.41, 5.74) is -0.111. The minimum atomic E-state index is -1.95. The number of benzene rings is 2. The number of carbonyl (C=O) groups is 3. The van der Waals surface area contributed by atoms with Gasteiger partial charge in [0.1, 0.15) is 34.0 Å². The lowest BCUT2D eigenvalue weighted by molar-refractivity contribution is -0.160. The third-order valence-electron chi connectivity index (χ3n) is 12.9. The summed E-state index contributed by atoms with van der Waals surface area (Å²) < 4.78 is 24.0. The number of ether oxygens (including phenoxy) is 4. The second kappa shape index (κ2) is 17.5. The molecule has 1 fully saturated rings. The molecular formula is C46H62N4O11. The highest BCUT2D eigenvalue weighted by atomic mass is 16.7. The van der Waals surface area contributed by atoms with E-state index in [1.165, 1.54) is 27.2 Å². The topological polar surface area (TPSA) is 209 Å². The van der Waals surface area contributed by atoms with Crippen molar-refractivity contribution in [2.24, 2.45) is 39.6 Å². The highest BCUT2D eigenvalue weighted by Gasteiger charge is 2.51. The minimum absolute atomic E-state index is 0.0538. The van der Waals surface area contributed by atoms with E-state index < -0.39 is 82.9 Å². The number of fused-ring (bicyclic) bond motifs is 1. The summed E-state index contributed by atoms with van der Waals surface area (Å²) in [5.74, 6) is -6.57. The number of phenolic OH excluding ortho intramolecular Hbond substituents is 2. The smallest absolute Gasteiger partial charge is 0.312 e. The number of rotatable bonds is 4. The van der Waals surface area contributed by atoms with Crippen molar-refractivity contribution in [3.05, 3.63) is 58.0 Å². The van der Waals surface area contributed by atoms with Crippen molar-refractivity contribution in [2.75, 3.05) is 32.1 Å². The van der Waals surface area contributed by atoms with E-state index in [4.69, 9.17) is 23.9 Å². The number of piperidine rings is 1. The molecule has 1 saturated heterocycles. The lowest BCUT2D eigenvalue weighted by Gasteiger charge is -2.38. The lowest BCUT2D eigenvalue weighted by Crippen LogP contribution is -2.47. The van der Waals surface area contributed by atoms with E-state index in [0.29, 0.717) is 24.4 Å². The summed E-state index contributed by atoms with van der Waals surface area (Å²) in [7, 11) is 1.47. The average Bonchev–Trinajstić information content (AvgIpc) is 3.71. The molecule has 4 heterocycles. The van der Waals surface area contributed by atoms with Gasteiger partial charge in [-0.1, -0.05) is 59.8 Å². The lowest BCUT2D eigenvalue weighted by atomic mass is 9.78. The van der Waals surface area contributed by atoms with Crippen LogP contribution in [0.1, 0.15) is 91.1 Å². The number of carbonyl (C=O) groups excluding carboxylic acids is 3. The number of nitrogens with zero attached hydrogens (tertiary/aromatic N) is 3. The van der Waals surface area contributed by atoms with Crippen LogP contribution >= 0.6 is 0 Å². The molecule has 0 aromatic heterocycles. The van der Waals surface area contributed by atoms with Crippen molar-refractivity contribution >= 4 is 34.1 Å². The predicted molar refractivity (Wildman–Crippen MR) is 228 cm³/mol. The molecule has 4 aliphatic rings. The Morgan fingerprint density at radius 3 is 2.28 bits per heavy atom. The fourth-order valence-corrected chi connectivity index (χ4v) is 9.24. The number of anilines is 1. The molecular weight excluding hydrogens is 785 g/mol. The Labute approximate surface area is 356 Å². The number of esters is 1. The first-order valence-corrected chi connectivity index (χ1v) is 21.2. The average molecular weight is 847 g/mol. The quantitative estimate of drug-likeness (QED) is 0.208. The van der Waals surface area contributed by atoms with E-state index in [1.54, 1.807) is 65.8 Å². The molecule has 2 aromatic carbocycles. The second-order valence-corrected chi connectivity index (χ2v) is 18.0. The molecule has 0 aliphatic carbocycles. The van der Waals surface area contributed by atoms with E-state index in [9.17, 15) is 34.8 Å². The molecule has 0 radical (unpaired) electrons. The van der Waals surface area contributed by atoms with Crippen molar-refractivity contribution in [1.29, 1.82) is 0 Å². The monoisotopic (exact) mass is 846 g/mol. The number of aromatic hydroxyl groups is 2. The number of aliphatic hydroxyl groups is 2. The largest absolute Gasteiger partial charge is 0.507 e.